The summed E-state index contributed by atoms with van der Waals surface area (Å²) in [4.78, 5) is 10.6. The topological polar surface area (TPSA) is 52.4 Å². The van der Waals surface area contributed by atoms with Crippen molar-refractivity contribution in [3.8, 4) is 0 Å². The Hall–Kier alpha value is -2.20. The fourth-order valence-electron chi connectivity index (χ4n) is 3.20. The van der Waals surface area contributed by atoms with E-state index in [1.165, 1.54) is 17.2 Å². The second-order valence-corrected chi connectivity index (χ2v) is 5.79. The summed E-state index contributed by atoms with van der Waals surface area (Å²) in [5.41, 5.74) is 3.68. The second kappa shape index (κ2) is 6.28. The summed E-state index contributed by atoms with van der Waals surface area (Å²) in [6.45, 7) is 2.82. The number of ether oxygens (including phenoxy) is 1. The van der Waals surface area contributed by atoms with Crippen molar-refractivity contribution in [3.05, 3.63) is 75.3 Å². The van der Waals surface area contributed by atoms with Crippen molar-refractivity contribution in [1.82, 2.24) is 0 Å². The number of benzene rings is 2. The monoisotopic (exact) mass is 297 g/mol. The molecule has 22 heavy (non-hydrogen) atoms. The molecule has 1 aliphatic rings. The molecule has 1 fully saturated rings. The van der Waals surface area contributed by atoms with Gasteiger partial charge in [0.05, 0.1) is 11.0 Å². The van der Waals surface area contributed by atoms with E-state index >= 15 is 0 Å². The normalized spacial score (nSPS) is 21.5. The molecule has 0 bridgehead atoms. The summed E-state index contributed by atoms with van der Waals surface area (Å²) in [5, 5.41) is 10.9. The lowest BCUT2D eigenvalue weighted by atomic mass is 9.84. The lowest BCUT2D eigenvalue weighted by molar-refractivity contribution is -0.385. The van der Waals surface area contributed by atoms with E-state index in [9.17, 15) is 10.1 Å². The first-order chi connectivity index (χ1) is 10.6. The van der Waals surface area contributed by atoms with Crippen LogP contribution in [0.2, 0.25) is 0 Å². The van der Waals surface area contributed by atoms with Gasteiger partial charge in [-0.25, -0.2) is 0 Å². The van der Waals surface area contributed by atoms with Gasteiger partial charge in [-0.05, 0) is 42.4 Å². The summed E-state index contributed by atoms with van der Waals surface area (Å²) < 4.78 is 5.87. The second-order valence-electron chi connectivity index (χ2n) is 5.79. The van der Waals surface area contributed by atoms with Crippen molar-refractivity contribution >= 4 is 5.69 Å². The molecule has 4 heteroatoms. The van der Waals surface area contributed by atoms with Gasteiger partial charge in [-0.15, -0.1) is 0 Å². The van der Waals surface area contributed by atoms with Gasteiger partial charge in [0.2, 0.25) is 0 Å². The van der Waals surface area contributed by atoms with Crippen LogP contribution in [0.5, 0.6) is 0 Å². The molecule has 3 rings (SSSR count). The number of non-ortho nitro benzene ring substituents is 1. The van der Waals surface area contributed by atoms with Crippen LogP contribution in [0.4, 0.5) is 5.69 Å². The molecule has 1 aliphatic heterocycles. The minimum atomic E-state index is -0.356. The smallest absolute Gasteiger partial charge is 0.269 e. The van der Waals surface area contributed by atoms with E-state index in [4.69, 9.17) is 4.74 Å². The molecule has 114 valence electrons. The molecule has 0 radical (unpaired) electrons. The van der Waals surface area contributed by atoms with E-state index in [2.05, 4.69) is 31.2 Å². The fraction of sp³-hybridized carbons (Fsp3) is 0.333. The van der Waals surface area contributed by atoms with Gasteiger partial charge in [-0.1, -0.05) is 36.4 Å². The maximum Gasteiger partial charge on any atom is 0.269 e. The molecule has 2 aromatic carbocycles. The quantitative estimate of drug-likeness (QED) is 0.617. The molecule has 0 aromatic heterocycles. The third kappa shape index (κ3) is 3.02. The summed E-state index contributed by atoms with van der Waals surface area (Å²) in [7, 11) is 0. The standard InChI is InChI=1S/C18H19NO3/c1-13-5-2-3-8-17(13)14-9-10-22-18(12-14)15-6-4-7-16(11-15)19(20)21/h2-8,11,14,18H,9-10,12H2,1H3/t14-,18+/m0/s1. The highest BCUT2D eigenvalue weighted by Gasteiger charge is 2.26. The number of rotatable bonds is 3. The lowest BCUT2D eigenvalue weighted by Gasteiger charge is -2.31. The van der Waals surface area contributed by atoms with Crippen molar-refractivity contribution in [1.29, 1.82) is 0 Å². The Morgan fingerprint density at radius 1 is 1.18 bits per heavy atom. The molecule has 1 heterocycles. The van der Waals surface area contributed by atoms with Crippen LogP contribution in [0.1, 0.15) is 41.6 Å². The summed E-state index contributed by atoms with van der Waals surface area (Å²) in [6.07, 6.45) is 1.79. The van der Waals surface area contributed by atoms with Crippen molar-refractivity contribution in [3.63, 3.8) is 0 Å². The Labute approximate surface area is 129 Å². The number of nitro groups is 1. The summed E-state index contributed by atoms with van der Waals surface area (Å²) >= 11 is 0. The van der Waals surface area contributed by atoms with Crippen LogP contribution in [0.25, 0.3) is 0 Å². The van der Waals surface area contributed by atoms with Gasteiger partial charge < -0.3 is 4.74 Å². The van der Waals surface area contributed by atoms with Gasteiger partial charge in [-0.3, -0.25) is 10.1 Å². The van der Waals surface area contributed by atoms with Crippen molar-refractivity contribution < 1.29 is 9.66 Å². The Bertz CT molecular complexity index is 684. The van der Waals surface area contributed by atoms with E-state index in [1.54, 1.807) is 12.1 Å². The first-order valence-corrected chi connectivity index (χ1v) is 7.56. The molecular formula is C18H19NO3. The number of hydrogen-bond acceptors (Lipinski definition) is 3. The molecule has 2 atom stereocenters. The zero-order chi connectivity index (χ0) is 15.5. The predicted molar refractivity (Wildman–Crippen MR) is 84.9 cm³/mol. The lowest BCUT2D eigenvalue weighted by Crippen LogP contribution is -2.19. The van der Waals surface area contributed by atoms with Gasteiger partial charge in [0, 0.05) is 18.7 Å². The average molecular weight is 297 g/mol. The zero-order valence-electron chi connectivity index (χ0n) is 12.6. The highest BCUT2D eigenvalue weighted by atomic mass is 16.6. The third-order valence-corrected chi connectivity index (χ3v) is 4.37. The molecule has 1 saturated heterocycles. The molecule has 0 unspecified atom stereocenters. The maximum atomic E-state index is 10.9. The van der Waals surface area contributed by atoms with Crippen molar-refractivity contribution in [2.75, 3.05) is 6.61 Å². The summed E-state index contributed by atoms with van der Waals surface area (Å²) in [6, 6.07) is 15.2. The average Bonchev–Trinajstić information content (AvgIpc) is 2.55. The van der Waals surface area contributed by atoms with Gasteiger partial charge in [0.1, 0.15) is 0 Å². The Morgan fingerprint density at radius 3 is 2.77 bits per heavy atom. The maximum absolute atomic E-state index is 10.9. The highest BCUT2D eigenvalue weighted by Crippen LogP contribution is 2.39. The van der Waals surface area contributed by atoms with Crippen LogP contribution in [-0.4, -0.2) is 11.5 Å². The molecule has 0 N–H and O–H groups in total. The summed E-state index contributed by atoms with van der Waals surface area (Å²) in [5.74, 6) is 0.444. The van der Waals surface area contributed by atoms with Crippen molar-refractivity contribution in [2.45, 2.75) is 31.8 Å². The van der Waals surface area contributed by atoms with Gasteiger partial charge in [-0.2, -0.15) is 0 Å². The Kier molecular flexibility index (Phi) is 4.20. The van der Waals surface area contributed by atoms with E-state index < -0.39 is 0 Å². The van der Waals surface area contributed by atoms with E-state index in [0.29, 0.717) is 12.5 Å². The first-order valence-electron chi connectivity index (χ1n) is 7.56. The fourth-order valence-corrected chi connectivity index (χ4v) is 3.20. The van der Waals surface area contributed by atoms with Crippen LogP contribution in [0.15, 0.2) is 48.5 Å². The van der Waals surface area contributed by atoms with Crippen molar-refractivity contribution in [2.24, 2.45) is 0 Å². The molecule has 0 saturated carbocycles. The Balaban J connectivity index is 1.83. The SMILES string of the molecule is Cc1ccccc1[C@H]1CCO[C@@H](c2cccc([N+](=O)[O-])c2)C1. The van der Waals surface area contributed by atoms with E-state index in [0.717, 1.165) is 18.4 Å². The van der Waals surface area contributed by atoms with Crippen LogP contribution in [-0.2, 0) is 4.74 Å². The molecule has 0 amide bonds. The minimum Gasteiger partial charge on any atom is -0.373 e. The third-order valence-electron chi connectivity index (χ3n) is 4.37. The van der Waals surface area contributed by atoms with Crippen LogP contribution in [0, 0.1) is 17.0 Å². The number of nitrogens with zero attached hydrogens (tertiary/aromatic N) is 1. The minimum absolute atomic E-state index is 0.0711. The van der Waals surface area contributed by atoms with Gasteiger partial charge in [0.15, 0.2) is 0 Å². The predicted octanol–water partition coefficient (Wildman–Crippen LogP) is 4.54. The number of nitro benzene ring substituents is 1. The van der Waals surface area contributed by atoms with Crippen LogP contribution >= 0.6 is 0 Å². The molecular weight excluding hydrogens is 278 g/mol. The largest absolute Gasteiger partial charge is 0.373 e. The van der Waals surface area contributed by atoms with Crippen LogP contribution in [0.3, 0.4) is 0 Å². The van der Waals surface area contributed by atoms with Crippen LogP contribution < -0.4 is 0 Å². The van der Waals surface area contributed by atoms with E-state index in [-0.39, 0.29) is 16.7 Å². The molecule has 4 nitrogen and oxygen atoms in total. The first kappa shape index (κ1) is 14.7. The number of aryl methyl sites for hydroxylation is 1. The molecule has 2 aromatic rings. The van der Waals surface area contributed by atoms with Gasteiger partial charge >= 0.3 is 0 Å². The highest BCUT2D eigenvalue weighted by molar-refractivity contribution is 5.36. The molecule has 0 aliphatic carbocycles. The zero-order valence-corrected chi connectivity index (χ0v) is 12.6. The molecule has 0 spiro atoms. The van der Waals surface area contributed by atoms with E-state index in [1.807, 2.05) is 6.07 Å². The Morgan fingerprint density at radius 2 is 2.00 bits per heavy atom. The number of hydrogen-bond donors (Lipinski definition) is 0. The van der Waals surface area contributed by atoms with Gasteiger partial charge in [0.25, 0.3) is 5.69 Å².